The van der Waals surface area contributed by atoms with Gasteiger partial charge in [0.2, 0.25) is 0 Å². The molecule has 2 rings (SSSR count). The van der Waals surface area contributed by atoms with Crippen LogP contribution in [-0.4, -0.2) is 41.8 Å². The van der Waals surface area contributed by atoms with Crippen LogP contribution in [0.4, 0.5) is 0 Å². The highest BCUT2D eigenvalue weighted by molar-refractivity contribution is 7.99. The topological polar surface area (TPSA) is 20.3 Å². The van der Waals surface area contributed by atoms with Gasteiger partial charge in [0, 0.05) is 24.5 Å². The van der Waals surface area contributed by atoms with Gasteiger partial charge in [0.1, 0.15) is 0 Å². The second-order valence-electron chi connectivity index (χ2n) is 4.89. The Morgan fingerprint density at radius 2 is 2.13 bits per heavy atom. The van der Waals surface area contributed by atoms with E-state index >= 15 is 0 Å². The van der Waals surface area contributed by atoms with Gasteiger partial charge in [-0.15, -0.1) is 0 Å². The monoisotopic (exact) mass is 227 g/mol. The van der Waals surface area contributed by atoms with Gasteiger partial charge < -0.3 is 0 Å². The summed E-state index contributed by atoms with van der Waals surface area (Å²) in [5.41, 5.74) is 0. The zero-order valence-corrected chi connectivity index (χ0v) is 10.4. The van der Waals surface area contributed by atoms with Crippen molar-refractivity contribution in [3.63, 3.8) is 0 Å². The summed E-state index contributed by atoms with van der Waals surface area (Å²) in [5, 5.41) is 0. The molecular weight excluding hydrogens is 206 g/mol. The van der Waals surface area contributed by atoms with Crippen LogP contribution in [0.15, 0.2) is 0 Å². The predicted octanol–water partition coefficient (Wildman–Crippen LogP) is 2.18. The summed E-state index contributed by atoms with van der Waals surface area (Å²) in [6, 6.07) is 0.212. The average Bonchev–Trinajstić information content (AvgIpc) is 2.71. The molecule has 15 heavy (non-hydrogen) atoms. The Labute approximate surface area is 96.8 Å². The molecule has 1 atom stereocenters. The van der Waals surface area contributed by atoms with Crippen molar-refractivity contribution in [2.75, 3.05) is 25.1 Å². The van der Waals surface area contributed by atoms with Crippen molar-refractivity contribution in [2.24, 2.45) is 5.92 Å². The van der Waals surface area contributed by atoms with Crippen molar-refractivity contribution in [1.29, 1.82) is 0 Å². The molecule has 0 amide bonds. The van der Waals surface area contributed by atoms with Gasteiger partial charge in [-0.2, -0.15) is 11.8 Å². The summed E-state index contributed by atoms with van der Waals surface area (Å²) < 4.78 is 0. The number of ketones is 1. The first-order chi connectivity index (χ1) is 7.27. The zero-order chi connectivity index (χ0) is 10.7. The number of thioether (sulfide) groups is 1. The van der Waals surface area contributed by atoms with E-state index in [1.54, 1.807) is 0 Å². The fraction of sp³-hybridized carbons (Fsp3) is 0.917. The summed E-state index contributed by atoms with van der Waals surface area (Å²) >= 11 is 1.93. The molecule has 1 aliphatic carbocycles. The molecule has 0 aromatic rings. The fourth-order valence-corrected chi connectivity index (χ4v) is 3.91. The van der Waals surface area contributed by atoms with E-state index in [1.807, 2.05) is 11.8 Å². The number of Topliss-reactive ketones (excluding diaryl/α,β-unsaturated/α-hetero) is 1. The van der Waals surface area contributed by atoms with Crippen LogP contribution in [0.25, 0.3) is 0 Å². The second-order valence-corrected chi connectivity index (χ2v) is 6.04. The Hall–Kier alpha value is -0.0200. The molecule has 0 N–H and O–H groups in total. The standard InChI is InChI=1S/C12H21NOS/c1-13-6-7-15-9-11(13)12(14)8-10-4-2-3-5-10/h10-11H,2-9H2,1H3. The molecule has 0 spiro atoms. The van der Waals surface area contributed by atoms with Crippen LogP contribution in [0.2, 0.25) is 0 Å². The quantitative estimate of drug-likeness (QED) is 0.737. The van der Waals surface area contributed by atoms with Crippen LogP contribution in [0.3, 0.4) is 0 Å². The van der Waals surface area contributed by atoms with Gasteiger partial charge in [-0.25, -0.2) is 0 Å². The Morgan fingerprint density at radius 1 is 1.40 bits per heavy atom. The Kier molecular flexibility index (Phi) is 4.09. The number of likely N-dealkylation sites (N-methyl/N-ethyl adjacent to an activating group) is 1. The van der Waals surface area contributed by atoms with E-state index in [1.165, 1.54) is 31.4 Å². The highest BCUT2D eigenvalue weighted by atomic mass is 32.2. The third-order valence-corrected chi connectivity index (χ3v) is 4.76. The van der Waals surface area contributed by atoms with Crippen LogP contribution < -0.4 is 0 Å². The summed E-state index contributed by atoms with van der Waals surface area (Å²) in [5.74, 6) is 3.40. The number of hydrogen-bond donors (Lipinski definition) is 0. The second kappa shape index (κ2) is 5.35. The molecule has 1 saturated heterocycles. The third-order valence-electron chi connectivity index (χ3n) is 3.73. The molecule has 0 radical (unpaired) electrons. The van der Waals surface area contributed by atoms with Crippen LogP contribution in [0.5, 0.6) is 0 Å². The summed E-state index contributed by atoms with van der Waals surface area (Å²) in [6.07, 6.45) is 6.10. The lowest BCUT2D eigenvalue weighted by atomic mass is 9.97. The van der Waals surface area contributed by atoms with Crippen molar-refractivity contribution in [1.82, 2.24) is 4.90 Å². The average molecular weight is 227 g/mol. The maximum Gasteiger partial charge on any atom is 0.151 e. The number of carbonyl (C=O) groups excluding carboxylic acids is 1. The molecule has 2 nitrogen and oxygen atoms in total. The largest absolute Gasteiger partial charge is 0.298 e. The molecule has 1 saturated carbocycles. The maximum absolute atomic E-state index is 12.1. The zero-order valence-electron chi connectivity index (χ0n) is 9.58. The van der Waals surface area contributed by atoms with Crippen molar-refractivity contribution < 1.29 is 4.79 Å². The van der Waals surface area contributed by atoms with Crippen molar-refractivity contribution in [3.8, 4) is 0 Å². The Bertz CT molecular complexity index is 226. The molecule has 3 heteroatoms. The number of hydrogen-bond acceptors (Lipinski definition) is 3. The lowest BCUT2D eigenvalue weighted by Gasteiger charge is -2.31. The van der Waals surface area contributed by atoms with E-state index in [0.717, 1.165) is 18.7 Å². The Balaban J connectivity index is 1.83. The van der Waals surface area contributed by atoms with Crippen LogP contribution in [-0.2, 0) is 4.79 Å². The van der Waals surface area contributed by atoms with E-state index in [-0.39, 0.29) is 6.04 Å². The van der Waals surface area contributed by atoms with Gasteiger partial charge in [-0.05, 0) is 13.0 Å². The number of rotatable bonds is 3. The van der Waals surface area contributed by atoms with E-state index in [9.17, 15) is 4.79 Å². The molecular formula is C12H21NOS. The highest BCUT2D eigenvalue weighted by Crippen LogP contribution is 2.29. The van der Waals surface area contributed by atoms with Crippen LogP contribution >= 0.6 is 11.8 Å². The summed E-state index contributed by atoms with van der Waals surface area (Å²) in [4.78, 5) is 14.4. The van der Waals surface area contributed by atoms with Gasteiger partial charge in [0.25, 0.3) is 0 Å². The maximum atomic E-state index is 12.1. The summed E-state index contributed by atoms with van der Waals surface area (Å²) in [6.45, 7) is 1.08. The predicted molar refractivity (Wildman–Crippen MR) is 65.3 cm³/mol. The van der Waals surface area contributed by atoms with Crippen LogP contribution in [0, 0.1) is 5.92 Å². The van der Waals surface area contributed by atoms with Gasteiger partial charge in [-0.3, -0.25) is 9.69 Å². The van der Waals surface area contributed by atoms with Crippen LogP contribution in [0.1, 0.15) is 32.1 Å². The highest BCUT2D eigenvalue weighted by Gasteiger charge is 2.28. The first kappa shape index (κ1) is 11.5. The smallest absolute Gasteiger partial charge is 0.151 e. The van der Waals surface area contributed by atoms with Crippen molar-refractivity contribution in [2.45, 2.75) is 38.1 Å². The lowest BCUT2D eigenvalue weighted by molar-refractivity contribution is -0.124. The molecule has 86 valence electrons. The van der Waals surface area contributed by atoms with Crippen molar-refractivity contribution in [3.05, 3.63) is 0 Å². The van der Waals surface area contributed by atoms with Crippen molar-refractivity contribution >= 4 is 17.5 Å². The minimum Gasteiger partial charge on any atom is -0.298 e. The molecule has 0 bridgehead atoms. The van der Waals surface area contributed by atoms with E-state index in [0.29, 0.717) is 11.7 Å². The van der Waals surface area contributed by atoms with E-state index in [2.05, 4.69) is 11.9 Å². The van der Waals surface area contributed by atoms with Gasteiger partial charge in [0.15, 0.2) is 5.78 Å². The van der Waals surface area contributed by atoms with Gasteiger partial charge in [0.05, 0.1) is 6.04 Å². The fourth-order valence-electron chi connectivity index (χ4n) is 2.66. The minimum absolute atomic E-state index is 0.212. The normalized spacial score (nSPS) is 29.5. The number of carbonyl (C=O) groups is 1. The van der Waals surface area contributed by atoms with E-state index in [4.69, 9.17) is 0 Å². The van der Waals surface area contributed by atoms with Gasteiger partial charge in [-0.1, -0.05) is 25.7 Å². The first-order valence-corrected chi connectivity index (χ1v) is 7.23. The summed E-state index contributed by atoms with van der Waals surface area (Å²) in [7, 11) is 2.09. The first-order valence-electron chi connectivity index (χ1n) is 6.08. The molecule has 0 aromatic carbocycles. The molecule has 2 fully saturated rings. The lowest BCUT2D eigenvalue weighted by Crippen LogP contribution is -2.45. The van der Waals surface area contributed by atoms with Gasteiger partial charge >= 0.3 is 0 Å². The molecule has 1 heterocycles. The molecule has 1 unspecified atom stereocenters. The molecule has 1 aliphatic heterocycles. The number of nitrogens with zero attached hydrogens (tertiary/aromatic N) is 1. The third kappa shape index (κ3) is 2.97. The minimum atomic E-state index is 0.212. The Morgan fingerprint density at radius 3 is 2.80 bits per heavy atom. The SMILES string of the molecule is CN1CCSCC1C(=O)CC1CCCC1. The molecule has 2 aliphatic rings. The van der Waals surface area contributed by atoms with E-state index < -0.39 is 0 Å². The molecule has 0 aromatic heterocycles.